The zero-order chi connectivity index (χ0) is 15.2. The number of amides is 1. The lowest BCUT2D eigenvalue weighted by molar-refractivity contribution is -0.126. The highest BCUT2D eigenvalue weighted by atomic mass is 35.5. The second kappa shape index (κ2) is 7.22. The normalized spacial score (nSPS) is 12.2. The predicted molar refractivity (Wildman–Crippen MR) is 84.4 cm³/mol. The van der Waals surface area contributed by atoms with Crippen LogP contribution in [0.4, 0.5) is 0 Å². The summed E-state index contributed by atoms with van der Waals surface area (Å²) < 4.78 is 0. The van der Waals surface area contributed by atoms with Crippen molar-refractivity contribution in [2.45, 2.75) is 12.6 Å². The minimum Gasteiger partial charge on any atom is -0.293 e. The Balaban J connectivity index is 2.20. The van der Waals surface area contributed by atoms with Crippen LogP contribution in [0.2, 0.25) is 5.02 Å². The van der Waals surface area contributed by atoms with Gasteiger partial charge in [-0.3, -0.25) is 15.1 Å². The molecule has 0 spiro atoms. The lowest BCUT2D eigenvalue weighted by Gasteiger charge is -2.27. The second-order valence-corrected chi connectivity index (χ2v) is 5.30. The van der Waals surface area contributed by atoms with Crippen molar-refractivity contribution in [3.05, 3.63) is 70.7 Å². The minimum absolute atomic E-state index is 0.238. The van der Waals surface area contributed by atoms with Gasteiger partial charge in [-0.2, -0.15) is 0 Å². The van der Waals surface area contributed by atoms with Crippen LogP contribution in [0.1, 0.15) is 17.2 Å². The summed E-state index contributed by atoms with van der Waals surface area (Å²) in [4.78, 5) is 14.0. The topological polar surface area (TPSA) is 58.4 Å². The summed E-state index contributed by atoms with van der Waals surface area (Å²) in [5.41, 5.74) is 4.21. The van der Waals surface area contributed by atoms with Gasteiger partial charge in [0.05, 0.1) is 0 Å². The van der Waals surface area contributed by atoms with E-state index in [1.807, 2.05) is 66.5 Å². The average molecular weight is 304 g/mol. The molecule has 110 valence electrons. The number of hydrazine groups is 1. The van der Waals surface area contributed by atoms with Crippen LogP contribution in [0.3, 0.4) is 0 Å². The van der Waals surface area contributed by atoms with Crippen molar-refractivity contribution < 1.29 is 4.79 Å². The van der Waals surface area contributed by atoms with Crippen LogP contribution in [0.25, 0.3) is 0 Å². The zero-order valence-corrected chi connectivity index (χ0v) is 12.5. The van der Waals surface area contributed by atoms with E-state index in [-0.39, 0.29) is 5.91 Å². The number of carbonyl (C=O) groups excluding carboxylic acids is 1. The number of hydrogen-bond acceptors (Lipinski definition) is 3. The maximum atomic E-state index is 12.1. The summed E-state index contributed by atoms with van der Waals surface area (Å²) in [5, 5.41) is 0.695. The summed E-state index contributed by atoms with van der Waals surface area (Å²) >= 11 is 5.89. The third-order valence-corrected chi connectivity index (χ3v) is 3.54. The standard InChI is InChI=1S/C16H18ClN3O/c1-20(11-12-7-9-14(17)10-8-12)15(16(21)19-18)13-5-3-2-4-6-13/h2-10,15H,11,18H2,1H3,(H,19,21). The van der Waals surface area contributed by atoms with E-state index in [2.05, 4.69) is 5.43 Å². The molecule has 0 aliphatic rings. The molecule has 0 saturated carbocycles. The SMILES string of the molecule is CN(Cc1ccc(Cl)cc1)C(C(=O)NN)c1ccccc1. The number of rotatable bonds is 5. The minimum atomic E-state index is -0.438. The highest BCUT2D eigenvalue weighted by molar-refractivity contribution is 6.30. The largest absolute Gasteiger partial charge is 0.293 e. The predicted octanol–water partition coefficient (Wildman–Crippen LogP) is 2.50. The lowest BCUT2D eigenvalue weighted by Crippen LogP contribution is -2.41. The first-order valence-corrected chi connectivity index (χ1v) is 6.99. The summed E-state index contributed by atoms with van der Waals surface area (Å²) in [6.45, 7) is 0.615. The van der Waals surface area contributed by atoms with Gasteiger partial charge in [0.15, 0.2) is 0 Å². The van der Waals surface area contributed by atoms with Crippen molar-refractivity contribution in [1.82, 2.24) is 10.3 Å². The monoisotopic (exact) mass is 303 g/mol. The van der Waals surface area contributed by atoms with Gasteiger partial charge in [0.2, 0.25) is 0 Å². The summed E-state index contributed by atoms with van der Waals surface area (Å²) in [6.07, 6.45) is 0. The molecule has 0 aliphatic heterocycles. The molecule has 0 bridgehead atoms. The molecule has 0 radical (unpaired) electrons. The molecule has 21 heavy (non-hydrogen) atoms. The first kappa shape index (κ1) is 15.5. The van der Waals surface area contributed by atoms with Crippen molar-refractivity contribution in [2.24, 2.45) is 5.84 Å². The molecule has 2 aromatic carbocycles. The molecule has 2 aromatic rings. The molecule has 0 aliphatic carbocycles. The van der Waals surface area contributed by atoms with Crippen LogP contribution < -0.4 is 11.3 Å². The number of carbonyl (C=O) groups is 1. The molecule has 4 nitrogen and oxygen atoms in total. The fraction of sp³-hybridized carbons (Fsp3) is 0.188. The number of nitrogens with one attached hydrogen (secondary N) is 1. The Morgan fingerprint density at radius 1 is 1.19 bits per heavy atom. The van der Waals surface area contributed by atoms with Gasteiger partial charge in [0.1, 0.15) is 6.04 Å². The van der Waals surface area contributed by atoms with Gasteiger partial charge < -0.3 is 0 Å². The molecule has 3 N–H and O–H groups in total. The van der Waals surface area contributed by atoms with E-state index in [4.69, 9.17) is 17.4 Å². The molecule has 1 unspecified atom stereocenters. The molecule has 0 fully saturated rings. The number of hydrogen-bond donors (Lipinski definition) is 2. The van der Waals surface area contributed by atoms with Crippen molar-refractivity contribution in [1.29, 1.82) is 0 Å². The summed E-state index contributed by atoms with van der Waals surface area (Å²) in [6, 6.07) is 16.7. The van der Waals surface area contributed by atoms with Crippen molar-refractivity contribution in [3.8, 4) is 0 Å². The van der Waals surface area contributed by atoms with E-state index < -0.39 is 6.04 Å². The first-order valence-electron chi connectivity index (χ1n) is 6.62. The molecular weight excluding hydrogens is 286 g/mol. The van der Waals surface area contributed by atoms with Crippen molar-refractivity contribution in [2.75, 3.05) is 7.05 Å². The van der Waals surface area contributed by atoms with Gasteiger partial charge in [0.25, 0.3) is 5.91 Å². The highest BCUT2D eigenvalue weighted by Crippen LogP contribution is 2.22. The third-order valence-electron chi connectivity index (χ3n) is 3.29. The summed E-state index contributed by atoms with van der Waals surface area (Å²) in [7, 11) is 1.89. The molecule has 1 amide bonds. The van der Waals surface area contributed by atoms with E-state index in [9.17, 15) is 4.79 Å². The Morgan fingerprint density at radius 3 is 2.38 bits per heavy atom. The molecular formula is C16H18ClN3O. The van der Waals surface area contributed by atoms with E-state index >= 15 is 0 Å². The van der Waals surface area contributed by atoms with E-state index in [1.165, 1.54) is 0 Å². The lowest BCUT2D eigenvalue weighted by atomic mass is 10.0. The van der Waals surface area contributed by atoms with Crippen LogP contribution >= 0.6 is 11.6 Å². The van der Waals surface area contributed by atoms with Crippen LogP contribution in [-0.2, 0) is 11.3 Å². The number of likely N-dealkylation sites (N-methyl/N-ethyl adjacent to an activating group) is 1. The van der Waals surface area contributed by atoms with Crippen molar-refractivity contribution >= 4 is 17.5 Å². The number of benzene rings is 2. The van der Waals surface area contributed by atoms with E-state index in [0.717, 1.165) is 11.1 Å². The van der Waals surface area contributed by atoms with Gasteiger partial charge in [-0.15, -0.1) is 0 Å². The average Bonchev–Trinajstić information content (AvgIpc) is 2.50. The number of nitrogens with two attached hydrogens (primary N) is 1. The first-order chi connectivity index (χ1) is 10.1. The molecule has 0 aromatic heterocycles. The highest BCUT2D eigenvalue weighted by Gasteiger charge is 2.24. The number of nitrogens with zero attached hydrogens (tertiary/aromatic N) is 1. The van der Waals surface area contributed by atoms with E-state index in [1.54, 1.807) is 0 Å². The third kappa shape index (κ3) is 4.04. The fourth-order valence-corrected chi connectivity index (χ4v) is 2.42. The fourth-order valence-electron chi connectivity index (χ4n) is 2.29. The van der Waals surface area contributed by atoms with Crippen LogP contribution in [-0.4, -0.2) is 17.9 Å². The second-order valence-electron chi connectivity index (χ2n) is 4.86. The zero-order valence-electron chi connectivity index (χ0n) is 11.8. The van der Waals surface area contributed by atoms with Crippen LogP contribution in [0.15, 0.2) is 54.6 Å². The van der Waals surface area contributed by atoms with Gasteiger partial charge in [-0.1, -0.05) is 54.1 Å². The van der Waals surface area contributed by atoms with Crippen LogP contribution in [0, 0.1) is 0 Å². The maximum Gasteiger partial charge on any atom is 0.255 e. The Labute approximate surface area is 129 Å². The Morgan fingerprint density at radius 2 is 1.81 bits per heavy atom. The Bertz CT molecular complexity index is 586. The smallest absolute Gasteiger partial charge is 0.255 e. The van der Waals surface area contributed by atoms with Gasteiger partial charge >= 0.3 is 0 Å². The quantitative estimate of drug-likeness (QED) is 0.507. The number of halogens is 1. The molecule has 5 heteroatoms. The van der Waals surface area contributed by atoms with E-state index in [0.29, 0.717) is 11.6 Å². The maximum absolute atomic E-state index is 12.1. The Hall–Kier alpha value is -1.88. The van der Waals surface area contributed by atoms with Gasteiger partial charge in [-0.05, 0) is 30.3 Å². The van der Waals surface area contributed by atoms with Gasteiger partial charge in [-0.25, -0.2) is 5.84 Å². The van der Waals surface area contributed by atoms with Crippen LogP contribution in [0.5, 0.6) is 0 Å². The molecule has 2 rings (SSSR count). The van der Waals surface area contributed by atoms with Gasteiger partial charge in [0, 0.05) is 11.6 Å². The molecule has 0 heterocycles. The molecule has 1 atom stereocenters. The van der Waals surface area contributed by atoms with Crippen molar-refractivity contribution in [3.63, 3.8) is 0 Å². The Kier molecular flexibility index (Phi) is 5.33. The summed E-state index contributed by atoms with van der Waals surface area (Å²) in [5.74, 6) is 5.08. The molecule has 0 saturated heterocycles.